The maximum absolute atomic E-state index is 11.0. The summed E-state index contributed by atoms with van der Waals surface area (Å²) < 4.78 is 22.1. The first-order valence-electron chi connectivity index (χ1n) is 3.51. The number of rotatable bonds is 4. The van der Waals surface area contributed by atoms with Gasteiger partial charge in [-0.05, 0) is 5.92 Å². The number of hydrogen-bond donors (Lipinski definition) is 2. The van der Waals surface area contributed by atoms with Gasteiger partial charge in [0.15, 0.2) is 15.3 Å². The minimum Gasteiger partial charge on any atom is -0.377 e. The fraction of sp³-hybridized carbons (Fsp3) is 1.00. The molecule has 0 heterocycles. The van der Waals surface area contributed by atoms with E-state index in [9.17, 15) is 8.42 Å². The van der Waals surface area contributed by atoms with Gasteiger partial charge in [0.05, 0.1) is 5.75 Å². The monoisotopic (exact) mass is 217 g/mol. The molecule has 76 valence electrons. The van der Waals surface area contributed by atoms with Crippen LogP contribution in [0.3, 0.4) is 0 Å². The Morgan fingerprint density at radius 2 is 1.83 bits per heavy atom. The van der Waals surface area contributed by atoms with Crippen LogP contribution in [0, 0.1) is 5.92 Å². The molecule has 1 atom stereocenters. The highest BCUT2D eigenvalue weighted by Gasteiger charge is 2.24. The summed E-state index contributed by atoms with van der Waals surface area (Å²) >= 11 is 0. The van der Waals surface area contributed by atoms with E-state index in [0.717, 1.165) is 0 Å². The molecule has 3 N–H and O–H groups in total. The van der Waals surface area contributed by atoms with Gasteiger partial charge in [0.2, 0.25) is 0 Å². The van der Waals surface area contributed by atoms with Gasteiger partial charge in [0, 0.05) is 6.54 Å². The Bertz CT molecular complexity index is 203. The van der Waals surface area contributed by atoms with Crippen molar-refractivity contribution < 1.29 is 13.5 Å². The predicted octanol–water partition coefficient (Wildman–Crippen LogP) is -0.244. The molecule has 0 spiro atoms. The van der Waals surface area contributed by atoms with Gasteiger partial charge in [-0.15, -0.1) is 12.4 Å². The van der Waals surface area contributed by atoms with Gasteiger partial charge in [-0.1, -0.05) is 13.8 Å². The Morgan fingerprint density at radius 3 is 2.08 bits per heavy atom. The van der Waals surface area contributed by atoms with Gasteiger partial charge in [-0.25, -0.2) is 8.42 Å². The van der Waals surface area contributed by atoms with Crippen molar-refractivity contribution in [1.29, 1.82) is 0 Å². The summed E-state index contributed by atoms with van der Waals surface area (Å²) in [6.07, 6.45) is 0. The van der Waals surface area contributed by atoms with E-state index in [-0.39, 0.29) is 30.6 Å². The van der Waals surface area contributed by atoms with Crippen molar-refractivity contribution in [2.45, 2.75) is 19.3 Å². The van der Waals surface area contributed by atoms with E-state index in [1.807, 2.05) is 0 Å². The van der Waals surface area contributed by atoms with E-state index in [4.69, 9.17) is 10.8 Å². The first kappa shape index (κ1) is 14.7. The molecule has 0 aliphatic heterocycles. The molecule has 0 aliphatic rings. The second-order valence-electron chi connectivity index (χ2n) is 2.79. The van der Waals surface area contributed by atoms with Crippen LogP contribution < -0.4 is 5.73 Å². The lowest BCUT2D eigenvalue weighted by Gasteiger charge is -2.13. The van der Waals surface area contributed by atoms with Crippen molar-refractivity contribution in [3.05, 3.63) is 0 Å². The normalized spacial score (nSPS) is 14.1. The van der Waals surface area contributed by atoms with Gasteiger partial charge in [-0.2, -0.15) is 0 Å². The summed E-state index contributed by atoms with van der Waals surface area (Å²) in [7, 11) is -3.38. The van der Waals surface area contributed by atoms with E-state index in [1.54, 1.807) is 13.8 Å². The van der Waals surface area contributed by atoms with Gasteiger partial charge < -0.3 is 10.8 Å². The highest BCUT2D eigenvalue weighted by Crippen LogP contribution is 2.08. The molecule has 12 heavy (non-hydrogen) atoms. The number of halogens is 1. The number of nitrogens with two attached hydrogens (primary N) is 1. The van der Waals surface area contributed by atoms with Crippen LogP contribution in [0.1, 0.15) is 13.8 Å². The lowest BCUT2D eigenvalue weighted by molar-refractivity contribution is 0.199. The average molecular weight is 218 g/mol. The smallest absolute Gasteiger partial charge is 0.178 e. The van der Waals surface area contributed by atoms with E-state index in [0.29, 0.717) is 0 Å². The first-order valence-corrected chi connectivity index (χ1v) is 5.23. The third-order valence-electron chi connectivity index (χ3n) is 1.34. The molecular weight excluding hydrogens is 202 g/mol. The second kappa shape index (κ2) is 5.75. The molecular formula is C6H16ClNO3S. The minimum atomic E-state index is -3.38. The lowest BCUT2D eigenvalue weighted by Crippen LogP contribution is -2.31. The minimum absolute atomic E-state index is 0. The van der Waals surface area contributed by atoms with E-state index < -0.39 is 15.3 Å². The molecule has 0 saturated heterocycles. The number of sulfone groups is 1. The van der Waals surface area contributed by atoms with Gasteiger partial charge in [-0.3, -0.25) is 0 Å². The molecule has 0 amide bonds. The molecule has 0 bridgehead atoms. The third kappa shape index (κ3) is 4.25. The summed E-state index contributed by atoms with van der Waals surface area (Å²) in [6, 6.07) is 0. The van der Waals surface area contributed by atoms with E-state index in [1.165, 1.54) is 0 Å². The molecule has 0 aromatic carbocycles. The summed E-state index contributed by atoms with van der Waals surface area (Å²) in [5.41, 5.74) is 3.79. The molecule has 0 aromatic rings. The lowest BCUT2D eigenvalue weighted by atomic mass is 10.2. The zero-order chi connectivity index (χ0) is 9.07. The van der Waals surface area contributed by atoms with Crippen LogP contribution in [0.5, 0.6) is 0 Å². The zero-order valence-electron chi connectivity index (χ0n) is 7.23. The fourth-order valence-electron chi connectivity index (χ4n) is 0.700. The van der Waals surface area contributed by atoms with Gasteiger partial charge in [0.25, 0.3) is 0 Å². The largest absolute Gasteiger partial charge is 0.377 e. The first-order chi connectivity index (χ1) is 4.91. The molecule has 4 nitrogen and oxygen atoms in total. The Labute approximate surface area is 79.5 Å². The molecule has 0 fully saturated rings. The summed E-state index contributed by atoms with van der Waals surface area (Å²) in [4.78, 5) is 0. The standard InChI is InChI=1S/C6H15NO3S.ClH/c1-5(2)6(8)11(9,10)4-3-7;/h5-6,8H,3-4,7H2,1-2H3;1H. The van der Waals surface area contributed by atoms with Crippen molar-refractivity contribution in [2.24, 2.45) is 11.7 Å². The van der Waals surface area contributed by atoms with E-state index in [2.05, 4.69) is 0 Å². The Balaban J connectivity index is 0. The van der Waals surface area contributed by atoms with Crippen molar-refractivity contribution in [3.63, 3.8) is 0 Å². The zero-order valence-corrected chi connectivity index (χ0v) is 8.86. The molecule has 6 heteroatoms. The Kier molecular flexibility index (Phi) is 7.02. The second-order valence-corrected chi connectivity index (χ2v) is 5.01. The molecule has 0 aromatic heterocycles. The molecule has 0 saturated carbocycles. The molecule has 0 aliphatic carbocycles. The van der Waals surface area contributed by atoms with Crippen LogP contribution in [0.2, 0.25) is 0 Å². The quantitative estimate of drug-likeness (QED) is 0.681. The van der Waals surface area contributed by atoms with Crippen molar-refractivity contribution in [2.75, 3.05) is 12.3 Å². The summed E-state index contributed by atoms with van der Waals surface area (Å²) in [5, 5.41) is 9.14. The summed E-state index contributed by atoms with van der Waals surface area (Å²) in [6.45, 7) is 3.36. The highest BCUT2D eigenvalue weighted by molar-refractivity contribution is 7.91. The number of aliphatic hydroxyl groups is 1. The van der Waals surface area contributed by atoms with Crippen LogP contribution in [-0.4, -0.2) is 31.3 Å². The maximum atomic E-state index is 11.0. The van der Waals surface area contributed by atoms with Crippen molar-refractivity contribution >= 4 is 22.2 Å². The van der Waals surface area contributed by atoms with Crippen LogP contribution in [0.15, 0.2) is 0 Å². The van der Waals surface area contributed by atoms with Crippen LogP contribution in [0.4, 0.5) is 0 Å². The average Bonchev–Trinajstić information content (AvgIpc) is 1.86. The summed E-state index contributed by atoms with van der Waals surface area (Å²) in [5.74, 6) is -0.418. The Hall–Kier alpha value is 0.160. The Morgan fingerprint density at radius 1 is 1.42 bits per heavy atom. The van der Waals surface area contributed by atoms with Crippen molar-refractivity contribution in [3.8, 4) is 0 Å². The number of hydrogen-bond acceptors (Lipinski definition) is 4. The van der Waals surface area contributed by atoms with Gasteiger partial charge in [0.1, 0.15) is 0 Å². The molecule has 0 radical (unpaired) electrons. The van der Waals surface area contributed by atoms with Crippen molar-refractivity contribution in [1.82, 2.24) is 0 Å². The van der Waals surface area contributed by atoms with Crippen LogP contribution in [0.25, 0.3) is 0 Å². The predicted molar refractivity (Wildman–Crippen MR) is 50.9 cm³/mol. The maximum Gasteiger partial charge on any atom is 0.178 e. The fourth-order valence-corrected chi connectivity index (χ4v) is 2.10. The van der Waals surface area contributed by atoms with E-state index >= 15 is 0 Å². The third-order valence-corrected chi connectivity index (χ3v) is 3.43. The SMILES string of the molecule is CC(C)C(O)S(=O)(=O)CCN.Cl. The van der Waals surface area contributed by atoms with Gasteiger partial charge >= 0.3 is 0 Å². The highest BCUT2D eigenvalue weighted by atomic mass is 35.5. The van der Waals surface area contributed by atoms with Crippen LogP contribution in [-0.2, 0) is 9.84 Å². The topological polar surface area (TPSA) is 80.4 Å². The van der Waals surface area contributed by atoms with Crippen LogP contribution >= 0.6 is 12.4 Å². The number of aliphatic hydroxyl groups excluding tert-OH is 1. The molecule has 1 unspecified atom stereocenters. The molecule has 0 rings (SSSR count).